The van der Waals surface area contributed by atoms with Crippen molar-refractivity contribution in [2.75, 3.05) is 27.3 Å². The molecular formula is C17H29NO2. The molecule has 1 rings (SSSR count). The third-order valence-electron chi connectivity index (χ3n) is 3.62. The molecular weight excluding hydrogens is 250 g/mol. The highest BCUT2D eigenvalue weighted by molar-refractivity contribution is 5.44. The molecule has 0 aliphatic rings. The number of hydrogen-bond donors (Lipinski definition) is 1. The summed E-state index contributed by atoms with van der Waals surface area (Å²) in [5, 5.41) is 3.51. The first-order valence-corrected chi connectivity index (χ1v) is 7.34. The van der Waals surface area contributed by atoms with Crippen LogP contribution in [0.1, 0.15) is 39.7 Å². The van der Waals surface area contributed by atoms with E-state index in [0.29, 0.717) is 5.92 Å². The molecule has 0 unspecified atom stereocenters. The van der Waals surface area contributed by atoms with E-state index >= 15 is 0 Å². The first-order valence-electron chi connectivity index (χ1n) is 7.34. The van der Waals surface area contributed by atoms with Crippen molar-refractivity contribution < 1.29 is 9.47 Å². The zero-order chi connectivity index (χ0) is 15.2. The van der Waals surface area contributed by atoms with E-state index in [0.717, 1.165) is 31.0 Å². The monoisotopic (exact) mass is 279 g/mol. The van der Waals surface area contributed by atoms with E-state index in [2.05, 4.69) is 39.1 Å². The fourth-order valence-electron chi connectivity index (χ4n) is 2.28. The van der Waals surface area contributed by atoms with E-state index in [1.54, 1.807) is 14.2 Å². The Morgan fingerprint density at radius 2 is 1.85 bits per heavy atom. The van der Waals surface area contributed by atoms with Crippen LogP contribution in [0.5, 0.6) is 11.5 Å². The SMILES string of the molecule is COc1ccc(C(C)(C)CCNCC(C)C)c(OC)c1. The van der Waals surface area contributed by atoms with Crippen LogP contribution < -0.4 is 14.8 Å². The average molecular weight is 279 g/mol. The molecule has 0 saturated heterocycles. The van der Waals surface area contributed by atoms with Gasteiger partial charge in [-0.05, 0) is 36.9 Å². The van der Waals surface area contributed by atoms with Gasteiger partial charge < -0.3 is 14.8 Å². The lowest BCUT2D eigenvalue weighted by atomic mass is 9.81. The Kier molecular flexibility index (Phi) is 6.34. The second kappa shape index (κ2) is 7.53. The maximum atomic E-state index is 5.52. The highest BCUT2D eigenvalue weighted by Crippen LogP contribution is 2.36. The van der Waals surface area contributed by atoms with Crippen molar-refractivity contribution in [1.29, 1.82) is 0 Å². The second-order valence-electron chi connectivity index (χ2n) is 6.30. The van der Waals surface area contributed by atoms with Crippen LogP contribution in [-0.4, -0.2) is 27.3 Å². The van der Waals surface area contributed by atoms with Crippen molar-refractivity contribution in [2.24, 2.45) is 5.92 Å². The summed E-state index contributed by atoms with van der Waals surface area (Å²) in [4.78, 5) is 0. The van der Waals surface area contributed by atoms with Gasteiger partial charge in [-0.25, -0.2) is 0 Å². The predicted octanol–water partition coefficient (Wildman–Crippen LogP) is 3.62. The number of ether oxygens (including phenoxy) is 2. The normalized spacial score (nSPS) is 11.8. The molecule has 1 aromatic rings. The summed E-state index contributed by atoms with van der Waals surface area (Å²) in [6.07, 6.45) is 1.07. The van der Waals surface area contributed by atoms with E-state index in [4.69, 9.17) is 9.47 Å². The van der Waals surface area contributed by atoms with E-state index in [9.17, 15) is 0 Å². The maximum Gasteiger partial charge on any atom is 0.126 e. The molecule has 1 N–H and O–H groups in total. The van der Waals surface area contributed by atoms with Gasteiger partial charge in [0, 0.05) is 11.6 Å². The first kappa shape index (κ1) is 16.8. The summed E-state index contributed by atoms with van der Waals surface area (Å²) in [6, 6.07) is 6.07. The molecule has 0 atom stereocenters. The Balaban J connectivity index is 2.75. The molecule has 0 heterocycles. The third-order valence-corrected chi connectivity index (χ3v) is 3.62. The van der Waals surface area contributed by atoms with Crippen LogP contribution in [-0.2, 0) is 5.41 Å². The van der Waals surface area contributed by atoms with Gasteiger partial charge >= 0.3 is 0 Å². The van der Waals surface area contributed by atoms with Crippen molar-refractivity contribution in [3.05, 3.63) is 23.8 Å². The van der Waals surface area contributed by atoms with Gasteiger partial charge in [-0.15, -0.1) is 0 Å². The molecule has 0 spiro atoms. The number of rotatable bonds is 8. The molecule has 0 radical (unpaired) electrons. The average Bonchev–Trinajstić information content (AvgIpc) is 2.42. The highest BCUT2D eigenvalue weighted by Gasteiger charge is 2.24. The van der Waals surface area contributed by atoms with E-state index in [1.165, 1.54) is 5.56 Å². The van der Waals surface area contributed by atoms with Crippen LogP contribution >= 0.6 is 0 Å². The van der Waals surface area contributed by atoms with Crippen molar-refractivity contribution in [2.45, 2.75) is 39.5 Å². The Bertz CT molecular complexity index is 413. The van der Waals surface area contributed by atoms with Gasteiger partial charge in [0.15, 0.2) is 0 Å². The molecule has 0 aliphatic heterocycles. The lowest BCUT2D eigenvalue weighted by Crippen LogP contribution is -2.28. The number of methoxy groups -OCH3 is 2. The van der Waals surface area contributed by atoms with Gasteiger partial charge in [0.05, 0.1) is 14.2 Å². The molecule has 1 aromatic carbocycles. The van der Waals surface area contributed by atoms with Gasteiger partial charge in [-0.3, -0.25) is 0 Å². The van der Waals surface area contributed by atoms with E-state index in [-0.39, 0.29) is 5.41 Å². The lowest BCUT2D eigenvalue weighted by molar-refractivity contribution is 0.371. The molecule has 0 fully saturated rings. The van der Waals surface area contributed by atoms with Gasteiger partial charge in [-0.1, -0.05) is 33.8 Å². The minimum atomic E-state index is 0.0710. The fraction of sp³-hybridized carbons (Fsp3) is 0.647. The van der Waals surface area contributed by atoms with Crippen molar-refractivity contribution in [3.63, 3.8) is 0 Å². The first-order chi connectivity index (χ1) is 9.40. The van der Waals surface area contributed by atoms with Crippen LogP contribution in [0.25, 0.3) is 0 Å². The van der Waals surface area contributed by atoms with Gasteiger partial charge in [0.2, 0.25) is 0 Å². The van der Waals surface area contributed by atoms with Crippen LogP contribution in [0.15, 0.2) is 18.2 Å². The predicted molar refractivity (Wildman–Crippen MR) is 84.9 cm³/mol. The highest BCUT2D eigenvalue weighted by atomic mass is 16.5. The van der Waals surface area contributed by atoms with Gasteiger partial charge in [0.25, 0.3) is 0 Å². The molecule has 0 saturated carbocycles. The topological polar surface area (TPSA) is 30.5 Å². The van der Waals surface area contributed by atoms with Gasteiger partial charge in [0.1, 0.15) is 11.5 Å². The number of nitrogens with one attached hydrogen (secondary N) is 1. The zero-order valence-electron chi connectivity index (χ0n) is 13.7. The molecule has 3 nitrogen and oxygen atoms in total. The van der Waals surface area contributed by atoms with Crippen LogP contribution in [0.3, 0.4) is 0 Å². The van der Waals surface area contributed by atoms with Crippen LogP contribution in [0, 0.1) is 5.92 Å². The maximum absolute atomic E-state index is 5.52. The second-order valence-corrected chi connectivity index (χ2v) is 6.30. The fourth-order valence-corrected chi connectivity index (χ4v) is 2.28. The Morgan fingerprint density at radius 1 is 1.15 bits per heavy atom. The molecule has 0 aliphatic carbocycles. The Hall–Kier alpha value is -1.22. The van der Waals surface area contributed by atoms with E-state index in [1.807, 2.05) is 12.1 Å². The molecule has 0 aromatic heterocycles. The van der Waals surface area contributed by atoms with Crippen molar-refractivity contribution in [1.82, 2.24) is 5.32 Å². The van der Waals surface area contributed by atoms with Crippen LogP contribution in [0.2, 0.25) is 0 Å². The Labute approximate surface area is 123 Å². The number of hydrogen-bond acceptors (Lipinski definition) is 3. The molecule has 3 heteroatoms. The third kappa shape index (κ3) is 4.71. The molecule has 20 heavy (non-hydrogen) atoms. The summed E-state index contributed by atoms with van der Waals surface area (Å²) < 4.78 is 10.8. The summed E-state index contributed by atoms with van der Waals surface area (Å²) in [6.45, 7) is 11.0. The Morgan fingerprint density at radius 3 is 2.40 bits per heavy atom. The van der Waals surface area contributed by atoms with E-state index < -0.39 is 0 Å². The van der Waals surface area contributed by atoms with Crippen molar-refractivity contribution >= 4 is 0 Å². The zero-order valence-corrected chi connectivity index (χ0v) is 13.7. The summed E-state index contributed by atoms with van der Waals surface area (Å²) >= 11 is 0. The number of benzene rings is 1. The minimum Gasteiger partial charge on any atom is -0.497 e. The standard InChI is InChI=1S/C17H29NO2/c1-13(2)12-18-10-9-17(3,4)15-8-7-14(19-5)11-16(15)20-6/h7-8,11,13,18H,9-10,12H2,1-6H3. The summed E-state index contributed by atoms with van der Waals surface area (Å²) in [5.74, 6) is 2.42. The van der Waals surface area contributed by atoms with Gasteiger partial charge in [-0.2, -0.15) is 0 Å². The van der Waals surface area contributed by atoms with Crippen molar-refractivity contribution in [3.8, 4) is 11.5 Å². The quantitative estimate of drug-likeness (QED) is 0.737. The van der Waals surface area contributed by atoms with Crippen LogP contribution in [0.4, 0.5) is 0 Å². The largest absolute Gasteiger partial charge is 0.497 e. The summed E-state index contributed by atoms with van der Waals surface area (Å²) in [7, 11) is 3.39. The molecule has 0 amide bonds. The smallest absolute Gasteiger partial charge is 0.126 e. The molecule has 0 bridgehead atoms. The summed E-state index contributed by atoms with van der Waals surface area (Å²) in [5.41, 5.74) is 1.30. The minimum absolute atomic E-state index is 0.0710. The lowest BCUT2D eigenvalue weighted by Gasteiger charge is -2.28. The molecule has 114 valence electrons.